The lowest BCUT2D eigenvalue weighted by Gasteiger charge is -2.31. The Bertz CT molecular complexity index is 581. The molecule has 2 rings (SSSR count). The number of methoxy groups -OCH3 is 1. The van der Waals surface area contributed by atoms with Gasteiger partial charge in [0.15, 0.2) is 0 Å². The molecule has 1 aliphatic rings. The molecule has 6 nitrogen and oxygen atoms in total. The molecule has 1 aliphatic heterocycles. The summed E-state index contributed by atoms with van der Waals surface area (Å²) in [7, 11) is -1.87. The number of ether oxygens (including phenoxy) is 1. The second kappa shape index (κ2) is 7.71. The minimum absolute atomic E-state index is 0.0339. The Labute approximate surface area is 131 Å². The Morgan fingerprint density at radius 2 is 1.91 bits per heavy atom. The molecule has 0 aliphatic carbocycles. The van der Waals surface area contributed by atoms with Crippen molar-refractivity contribution >= 4 is 15.9 Å². The van der Waals surface area contributed by atoms with E-state index in [-0.39, 0.29) is 11.9 Å². The Morgan fingerprint density at radius 3 is 2.50 bits per heavy atom. The highest BCUT2D eigenvalue weighted by atomic mass is 32.2. The van der Waals surface area contributed by atoms with Crippen LogP contribution in [0.1, 0.15) is 19.3 Å². The third kappa shape index (κ3) is 4.28. The van der Waals surface area contributed by atoms with Crippen LogP contribution >= 0.6 is 0 Å². The summed E-state index contributed by atoms with van der Waals surface area (Å²) < 4.78 is 31.3. The molecule has 1 heterocycles. The van der Waals surface area contributed by atoms with E-state index in [9.17, 15) is 13.2 Å². The van der Waals surface area contributed by atoms with Gasteiger partial charge in [0, 0.05) is 32.7 Å². The monoisotopic (exact) mass is 326 g/mol. The fourth-order valence-electron chi connectivity index (χ4n) is 2.48. The van der Waals surface area contributed by atoms with E-state index in [4.69, 9.17) is 4.74 Å². The van der Waals surface area contributed by atoms with Crippen LogP contribution in [0.15, 0.2) is 35.2 Å². The standard InChI is InChI=1S/C15H22N2O4S/c1-21-12-9-15(18)16-13-7-10-17(11-8-13)22(19,20)14-5-3-2-4-6-14/h2-6,13H,7-12H2,1H3,(H,16,18). The summed E-state index contributed by atoms with van der Waals surface area (Å²) in [5.74, 6) is -0.0498. The van der Waals surface area contributed by atoms with Crippen LogP contribution in [0.5, 0.6) is 0 Å². The first-order chi connectivity index (χ1) is 10.5. The minimum Gasteiger partial charge on any atom is -0.384 e. The molecule has 0 unspecified atom stereocenters. The first-order valence-electron chi connectivity index (χ1n) is 7.37. The van der Waals surface area contributed by atoms with Gasteiger partial charge in [0.05, 0.1) is 11.5 Å². The van der Waals surface area contributed by atoms with Crippen LogP contribution in [0.3, 0.4) is 0 Å². The number of sulfonamides is 1. The van der Waals surface area contributed by atoms with E-state index >= 15 is 0 Å². The van der Waals surface area contributed by atoms with Gasteiger partial charge in [0.1, 0.15) is 0 Å². The second-order valence-corrected chi connectivity index (χ2v) is 7.24. The van der Waals surface area contributed by atoms with Gasteiger partial charge in [-0.2, -0.15) is 4.31 Å². The van der Waals surface area contributed by atoms with Gasteiger partial charge in [0.25, 0.3) is 0 Å². The summed E-state index contributed by atoms with van der Waals surface area (Å²) >= 11 is 0. The van der Waals surface area contributed by atoms with Crippen LogP contribution in [0, 0.1) is 0 Å². The van der Waals surface area contributed by atoms with E-state index in [1.165, 1.54) is 4.31 Å². The van der Waals surface area contributed by atoms with Gasteiger partial charge in [-0.05, 0) is 25.0 Å². The first-order valence-corrected chi connectivity index (χ1v) is 8.81. The minimum atomic E-state index is -3.43. The Morgan fingerprint density at radius 1 is 1.27 bits per heavy atom. The molecule has 1 amide bonds. The number of nitrogens with zero attached hydrogens (tertiary/aromatic N) is 1. The van der Waals surface area contributed by atoms with E-state index in [0.29, 0.717) is 43.9 Å². The van der Waals surface area contributed by atoms with Crippen LogP contribution in [0.25, 0.3) is 0 Å². The molecular weight excluding hydrogens is 304 g/mol. The highest BCUT2D eigenvalue weighted by Crippen LogP contribution is 2.20. The lowest BCUT2D eigenvalue weighted by molar-refractivity contribution is -0.122. The zero-order valence-corrected chi connectivity index (χ0v) is 13.5. The van der Waals surface area contributed by atoms with E-state index in [2.05, 4.69) is 5.32 Å². The van der Waals surface area contributed by atoms with Gasteiger partial charge >= 0.3 is 0 Å². The average molecular weight is 326 g/mol. The van der Waals surface area contributed by atoms with Crippen molar-refractivity contribution in [3.63, 3.8) is 0 Å². The molecule has 1 aromatic carbocycles. The number of piperidine rings is 1. The number of nitrogens with one attached hydrogen (secondary N) is 1. The number of benzene rings is 1. The molecule has 1 saturated heterocycles. The molecular formula is C15H22N2O4S. The van der Waals surface area contributed by atoms with Crippen molar-refractivity contribution in [3.05, 3.63) is 30.3 Å². The molecule has 7 heteroatoms. The molecule has 0 atom stereocenters. The average Bonchev–Trinajstić information content (AvgIpc) is 2.54. The largest absolute Gasteiger partial charge is 0.384 e. The lowest BCUT2D eigenvalue weighted by atomic mass is 10.1. The second-order valence-electron chi connectivity index (χ2n) is 5.30. The smallest absolute Gasteiger partial charge is 0.243 e. The maximum absolute atomic E-state index is 12.5. The van der Waals surface area contributed by atoms with Crippen LogP contribution in [-0.2, 0) is 19.6 Å². The highest BCUT2D eigenvalue weighted by molar-refractivity contribution is 7.89. The van der Waals surface area contributed by atoms with Crippen molar-refractivity contribution in [3.8, 4) is 0 Å². The molecule has 122 valence electrons. The summed E-state index contributed by atoms with van der Waals surface area (Å²) in [6.45, 7) is 1.24. The molecule has 1 aromatic rings. The number of carbonyl (C=O) groups is 1. The molecule has 0 aromatic heterocycles. The maximum Gasteiger partial charge on any atom is 0.243 e. The van der Waals surface area contributed by atoms with Crippen LogP contribution < -0.4 is 5.32 Å². The number of amides is 1. The normalized spacial score (nSPS) is 17.3. The molecule has 22 heavy (non-hydrogen) atoms. The fourth-order valence-corrected chi connectivity index (χ4v) is 3.97. The summed E-state index contributed by atoms with van der Waals surface area (Å²) in [5.41, 5.74) is 0. The molecule has 0 radical (unpaired) electrons. The zero-order valence-electron chi connectivity index (χ0n) is 12.7. The maximum atomic E-state index is 12.5. The van der Waals surface area contributed by atoms with Crippen molar-refractivity contribution in [2.45, 2.75) is 30.2 Å². The van der Waals surface area contributed by atoms with Gasteiger partial charge < -0.3 is 10.1 Å². The number of carbonyl (C=O) groups excluding carboxylic acids is 1. The topological polar surface area (TPSA) is 75.7 Å². The van der Waals surface area contributed by atoms with Crippen molar-refractivity contribution in [1.29, 1.82) is 0 Å². The SMILES string of the molecule is COCCC(=O)NC1CCN(S(=O)(=O)c2ccccc2)CC1. The van der Waals surface area contributed by atoms with Gasteiger partial charge in [0.2, 0.25) is 15.9 Å². The predicted molar refractivity (Wildman–Crippen MR) is 82.9 cm³/mol. The van der Waals surface area contributed by atoms with E-state index in [1.807, 2.05) is 0 Å². The van der Waals surface area contributed by atoms with Crippen molar-refractivity contribution in [1.82, 2.24) is 9.62 Å². The van der Waals surface area contributed by atoms with Gasteiger partial charge in [-0.25, -0.2) is 8.42 Å². The van der Waals surface area contributed by atoms with Crippen molar-refractivity contribution in [2.75, 3.05) is 26.8 Å². The van der Waals surface area contributed by atoms with Gasteiger partial charge in [-0.15, -0.1) is 0 Å². The van der Waals surface area contributed by atoms with Crippen LogP contribution in [0.2, 0.25) is 0 Å². The highest BCUT2D eigenvalue weighted by Gasteiger charge is 2.29. The van der Waals surface area contributed by atoms with Gasteiger partial charge in [-0.1, -0.05) is 18.2 Å². The summed E-state index contributed by atoms with van der Waals surface area (Å²) in [4.78, 5) is 12.0. The molecule has 1 fully saturated rings. The molecule has 0 spiro atoms. The third-order valence-electron chi connectivity index (χ3n) is 3.73. The summed E-state index contributed by atoms with van der Waals surface area (Å²) in [6.07, 6.45) is 1.59. The fraction of sp³-hybridized carbons (Fsp3) is 0.533. The van der Waals surface area contributed by atoms with Crippen molar-refractivity contribution < 1.29 is 17.9 Å². The Kier molecular flexibility index (Phi) is 5.93. The quantitative estimate of drug-likeness (QED) is 0.846. The zero-order chi connectivity index (χ0) is 16.0. The molecule has 0 bridgehead atoms. The van der Waals surface area contributed by atoms with E-state index < -0.39 is 10.0 Å². The molecule has 0 saturated carbocycles. The first kappa shape index (κ1) is 16.9. The van der Waals surface area contributed by atoms with Crippen molar-refractivity contribution in [2.24, 2.45) is 0 Å². The van der Waals surface area contributed by atoms with Gasteiger partial charge in [-0.3, -0.25) is 4.79 Å². The summed E-state index contributed by atoms with van der Waals surface area (Å²) in [5, 5.41) is 2.93. The lowest BCUT2D eigenvalue weighted by Crippen LogP contribution is -2.46. The van der Waals surface area contributed by atoms with Crippen LogP contribution in [-0.4, -0.2) is 51.5 Å². The number of hydrogen-bond acceptors (Lipinski definition) is 4. The van der Waals surface area contributed by atoms with E-state index in [1.54, 1.807) is 37.4 Å². The predicted octanol–water partition coefficient (Wildman–Crippen LogP) is 0.992. The van der Waals surface area contributed by atoms with E-state index in [0.717, 1.165) is 0 Å². The summed E-state index contributed by atoms with van der Waals surface area (Å²) in [6, 6.07) is 8.47. The number of hydrogen-bond donors (Lipinski definition) is 1. The third-order valence-corrected chi connectivity index (χ3v) is 5.65. The van der Waals surface area contributed by atoms with Crippen LogP contribution in [0.4, 0.5) is 0 Å². The molecule has 1 N–H and O–H groups in total. The number of rotatable bonds is 6. The Hall–Kier alpha value is -1.44. The Balaban J connectivity index is 1.88.